The van der Waals surface area contributed by atoms with Gasteiger partial charge in [0.1, 0.15) is 0 Å². The van der Waals surface area contributed by atoms with Crippen LogP contribution in [0.25, 0.3) is 0 Å². The van der Waals surface area contributed by atoms with Gasteiger partial charge >= 0.3 is 0 Å². The number of unbranched alkanes of at least 4 members (excludes halogenated alkanes) is 22. The Labute approximate surface area is 429 Å². The number of rotatable bonds is 38. The lowest BCUT2D eigenvalue weighted by Crippen LogP contribution is -2.29. The molecule has 6 rings (SSSR count). The summed E-state index contributed by atoms with van der Waals surface area (Å²) in [5.74, 6) is 2.27. The van der Waals surface area contributed by atoms with Gasteiger partial charge in [-0.2, -0.15) is 0 Å². The summed E-state index contributed by atoms with van der Waals surface area (Å²) >= 11 is 3.36. The molecular weight excluding hydrogens is 873 g/mol. The Balaban J connectivity index is 0.685. The zero-order valence-corrected chi connectivity index (χ0v) is 44.0. The molecule has 0 N–H and O–H groups in total. The summed E-state index contributed by atoms with van der Waals surface area (Å²) < 4.78 is 5.84. The number of benzene rings is 6. The molecule has 0 aliphatic heterocycles. The molecule has 0 bridgehead atoms. The second-order valence-electron chi connectivity index (χ2n) is 19.7. The Kier molecular flexibility index (Phi) is 26.4. The molecule has 69 heavy (non-hydrogen) atoms. The minimum absolute atomic E-state index is 0.106. The van der Waals surface area contributed by atoms with E-state index in [2.05, 4.69) is 182 Å². The molecule has 6 aromatic carbocycles. The van der Waals surface area contributed by atoms with E-state index in [0.717, 1.165) is 24.3 Å². The van der Waals surface area contributed by atoms with Gasteiger partial charge in [-0.3, -0.25) is 0 Å². The van der Waals surface area contributed by atoms with E-state index in [0.29, 0.717) is 0 Å². The van der Waals surface area contributed by atoms with E-state index >= 15 is 0 Å². The van der Waals surface area contributed by atoms with Crippen LogP contribution in [0.15, 0.2) is 182 Å². The fourth-order valence-corrected chi connectivity index (χ4v) is 12.4. The lowest BCUT2D eigenvalue weighted by Gasteiger charge is -2.36. The van der Waals surface area contributed by atoms with Gasteiger partial charge in [0.05, 0.1) is 0 Å². The lowest BCUT2D eigenvalue weighted by molar-refractivity contribution is 0.492. The molecule has 0 unspecified atom stereocenters. The van der Waals surface area contributed by atoms with E-state index in [1.807, 2.05) is 0 Å². The average molecular weight is 960 g/mol. The largest absolute Gasteiger partial charge is 0.247 e. The average Bonchev–Trinajstić information content (AvgIpc) is 3.42. The topological polar surface area (TPSA) is 9.23 Å². The van der Waals surface area contributed by atoms with E-state index in [-0.39, 0.29) is 10.8 Å². The van der Waals surface area contributed by atoms with Crippen LogP contribution < -0.4 is 0 Å². The molecule has 0 aliphatic carbocycles. The number of hydrogen-bond acceptors (Lipinski definition) is 3. The van der Waals surface area contributed by atoms with Crippen LogP contribution >= 0.6 is 24.1 Å². The molecule has 0 atom stereocenters. The van der Waals surface area contributed by atoms with Gasteiger partial charge in [0.25, 0.3) is 0 Å². The number of hydrogen-bond donors (Lipinski definition) is 0. The van der Waals surface area contributed by atoms with Crippen LogP contribution in [0.4, 0.5) is 0 Å². The van der Waals surface area contributed by atoms with Crippen molar-refractivity contribution >= 4 is 24.1 Å². The van der Waals surface area contributed by atoms with Crippen LogP contribution in [0.3, 0.4) is 0 Å². The minimum atomic E-state index is -0.106. The smallest absolute Gasteiger partial charge is 0.0451 e. The fraction of sp³-hybridized carbons (Fsp3) is 0.455. The van der Waals surface area contributed by atoms with Crippen LogP contribution in [0, 0.1) is 0 Å². The van der Waals surface area contributed by atoms with Gasteiger partial charge in [0, 0.05) is 46.4 Å². The predicted molar refractivity (Wildman–Crippen MR) is 304 cm³/mol. The maximum Gasteiger partial charge on any atom is 0.0451 e. The standard InChI is InChI=1S/C66H86OS2/c1(5-9-13-17-39-55-65(59-43-27-21-28-44-59,60-45-29-22-30-46-60)61-47-31-23-32-48-61)3-7-11-15-19-41-57-68-67-69-58-42-20-16-12-8-4-2-6-10-14-18-40-56-66(62-49-33-24-34-50-62,63-51-35-25-36-52-63)64-53-37-26-38-54-64/h21-38,43-54H,1-20,39-42,55-58H2. The highest BCUT2D eigenvalue weighted by Gasteiger charge is 2.36. The first-order valence-electron chi connectivity index (χ1n) is 27.6. The van der Waals surface area contributed by atoms with Crippen LogP contribution in [0.2, 0.25) is 0 Å². The molecular formula is C66H86OS2. The second-order valence-corrected chi connectivity index (χ2v) is 21.5. The molecule has 0 heterocycles. The van der Waals surface area contributed by atoms with Gasteiger partial charge in [-0.1, -0.05) is 323 Å². The van der Waals surface area contributed by atoms with E-state index < -0.39 is 0 Å². The third kappa shape index (κ3) is 18.3. The quantitative estimate of drug-likeness (QED) is 0.0217. The molecule has 0 aromatic heterocycles. The molecule has 0 fully saturated rings. The first kappa shape index (κ1) is 54.3. The van der Waals surface area contributed by atoms with Crippen molar-refractivity contribution in [3.8, 4) is 0 Å². The summed E-state index contributed by atoms with van der Waals surface area (Å²) in [7, 11) is 0. The van der Waals surface area contributed by atoms with Gasteiger partial charge in [-0.15, -0.1) is 0 Å². The van der Waals surface area contributed by atoms with E-state index in [1.165, 1.54) is 187 Å². The predicted octanol–water partition coefficient (Wildman–Crippen LogP) is 20.5. The van der Waals surface area contributed by atoms with Crippen molar-refractivity contribution in [2.24, 2.45) is 0 Å². The Morgan fingerprint density at radius 2 is 0.391 bits per heavy atom. The lowest BCUT2D eigenvalue weighted by atomic mass is 9.66. The summed E-state index contributed by atoms with van der Waals surface area (Å²) in [6, 6.07) is 67.2. The first-order valence-corrected chi connectivity index (χ1v) is 29.4. The molecule has 1 nitrogen and oxygen atoms in total. The first-order chi connectivity index (χ1) is 34.3. The fourth-order valence-electron chi connectivity index (χ4n) is 10.9. The van der Waals surface area contributed by atoms with Crippen molar-refractivity contribution < 1.29 is 3.63 Å². The van der Waals surface area contributed by atoms with Crippen LogP contribution in [0.5, 0.6) is 0 Å². The van der Waals surface area contributed by atoms with Crippen LogP contribution in [0.1, 0.15) is 200 Å². The molecule has 0 saturated heterocycles. The van der Waals surface area contributed by atoms with Crippen LogP contribution in [-0.2, 0) is 14.5 Å². The zero-order valence-electron chi connectivity index (χ0n) is 42.3. The molecule has 0 radical (unpaired) electrons. The summed E-state index contributed by atoms with van der Waals surface area (Å²) in [6.07, 6.45) is 34.8. The van der Waals surface area contributed by atoms with Gasteiger partial charge < -0.3 is 0 Å². The summed E-state index contributed by atoms with van der Waals surface area (Å²) in [5, 5.41) is 0. The third-order valence-corrected chi connectivity index (χ3v) is 16.4. The highest BCUT2D eigenvalue weighted by atomic mass is 32.2. The van der Waals surface area contributed by atoms with Crippen molar-refractivity contribution in [1.29, 1.82) is 0 Å². The van der Waals surface area contributed by atoms with Gasteiger partial charge in [0.15, 0.2) is 0 Å². The molecule has 3 heteroatoms. The molecule has 0 saturated carbocycles. The summed E-state index contributed by atoms with van der Waals surface area (Å²) in [5.41, 5.74) is 8.21. The summed E-state index contributed by atoms with van der Waals surface area (Å²) in [4.78, 5) is 0. The zero-order chi connectivity index (χ0) is 47.6. The van der Waals surface area contributed by atoms with Crippen molar-refractivity contribution in [2.45, 2.75) is 178 Å². The highest BCUT2D eigenvalue weighted by Crippen LogP contribution is 2.45. The summed E-state index contributed by atoms with van der Waals surface area (Å²) in [6.45, 7) is 0. The molecule has 368 valence electrons. The normalized spacial score (nSPS) is 11.8. The van der Waals surface area contributed by atoms with E-state index in [1.54, 1.807) is 24.1 Å². The van der Waals surface area contributed by atoms with Crippen molar-refractivity contribution in [3.63, 3.8) is 0 Å². The maximum atomic E-state index is 5.84. The minimum Gasteiger partial charge on any atom is -0.247 e. The van der Waals surface area contributed by atoms with Gasteiger partial charge in [-0.05, 0) is 59.1 Å². The Bertz CT molecular complexity index is 1760. The van der Waals surface area contributed by atoms with E-state index in [9.17, 15) is 0 Å². The Hall–Kier alpha value is -4.02. The van der Waals surface area contributed by atoms with Crippen molar-refractivity contribution in [1.82, 2.24) is 0 Å². The molecule has 0 aliphatic rings. The highest BCUT2D eigenvalue weighted by molar-refractivity contribution is 8.07. The molecule has 0 spiro atoms. The monoisotopic (exact) mass is 959 g/mol. The van der Waals surface area contributed by atoms with Crippen molar-refractivity contribution in [3.05, 3.63) is 215 Å². The molecule has 6 aromatic rings. The van der Waals surface area contributed by atoms with E-state index in [4.69, 9.17) is 3.63 Å². The van der Waals surface area contributed by atoms with Crippen LogP contribution in [-0.4, -0.2) is 11.5 Å². The maximum absolute atomic E-state index is 5.84. The molecule has 0 amide bonds. The Morgan fingerprint density at radius 3 is 0.594 bits per heavy atom. The Morgan fingerprint density at radius 1 is 0.217 bits per heavy atom. The van der Waals surface area contributed by atoms with Crippen molar-refractivity contribution in [2.75, 3.05) is 11.5 Å². The second kappa shape index (κ2) is 33.5. The van der Waals surface area contributed by atoms with Gasteiger partial charge in [-0.25, -0.2) is 3.63 Å². The SMILES string of the molecule is c1ccc(C(CCCCCCCCCCCCCCSOSCCCCCCCCCCCCCCC(c2ccccc2)(c2ccccc2)c2ccccc2)(c2ccccc2)c2ccccc2)cc1. The van der Waals surface area contributed by atoms with Gasteiger partial charge in [0.2, 0.25) is 0 Å². The third-order valence-electron chi connectivity index (χ3n) is 14.8.